The topological polar surface area (TPSA) is 86.9 Å². The van der Waals surface area contributed by atoms with Crippen LogP contribution in [0.3, 0.4) is 0 Å². The van der Waals surface area contributed by atoms with Crippen LogP contribution in [-0.2, 0) is 22.6 Å². The lowest BCUT2D eigenvalue weighted by atomic mass is 9.75. The molecule has 2 aromatic rings. The van der Waals surface area contributed by atoms with Crippen LogP contribution in [0.2, 0.25) is 0 Å². The number of hydrogen-bond donors (Lipinski definition) is 2. The van der Waals surface area contributed by atoms with Gasteiger partial charge in [-0.1, -0.05) is 62.4 Å². The first kappa shape index (κ1) is 25.2. The number of anilines is 2. The molecule has 0 unspecified atom stereocenters. The highest BCUT2D eigenvalue weighted by molar-refractivity contribution is 6.03. The quantitative estimate of drug-likeness (QED) is 0.559. The number of amides is 1. The van der Waals surface area contributed by atoms with Gasteiger partial charge in [0.05, 0.1) is 12.5 Å². The molecule has 2 aromatic carbocycles. The highest BCUT2D eigenvalue weighted by Gasteiger charge is 2.49. The Hall–Kier alpha value is -2.86. The summed E-state index contributed by atoms with van der Waals surface area (Å²) < 4.78 is 0. The molecule has 2 atom stereocenters. The maximum absolute atomic E-state index is 14.1. The largest absolute Gasteiger partial charge is 0.481 e. The van der Waals surface area contributed by atoms with Gasteiger partial charge in [0, 0.05) is 25.5 Å². The van der Waals surface area contributed by atoms with Crippen molar-refractivity contribution in [3.63, 3.8) is 0 Å². The number of nitrogens with two attached hydrogens (primary N) is 1. The van der Waals surface area contributed by atoms with Crippen LogP contribution in [0.4, 0.5) is 11.4 Å². The molecular weight excluding hydrogens is 438 g/mol. The van der Waals surface area contributed by atoms with Crippen molar-refractivity contribution in [3.8, 4) is 0 Å². The average Bonchev–Trinajstić information content (AvgIpc) is 2.96. The Morgan fingerprint density at radius 1 is 1.11 bits per heavy atom. The van der Waals surface area contributed by atoms with Gasteiger partial charge in [-0.15, -0.1) is 0 Å². The minimum absolute atomic E-state index is 0.282. The van der Waals surface area contributed by atoms with Gasteiger partial charge in [-0.05, 0) is 60.9 Å². The second-order valence-electron chi connectivity index (χ2n) is 10.6. The molecular formula is C29H39N3O3. The molecule has 1 heterocycles. The summed E-state index contributed by atoms with van der Waals surface area (Å²) in [5.74, 6) is -1.60. The van der Waals surface area contributed by atoms with Crippen molar-refractivity contribution >= 4 is 23.3 Å². The van der Waals surface area contributed by atoms with Crippen LogP contribution >= 0.6 is 0 Å². The van der Waals surface area contributed by atoms with Gasteiger partial charge in [-0.25, -0.2) is 0 Å². The third-order valence-corrected chi connectivity index (χ3v) is 8.04. The Labute approximate surface area is 209 Å². The number of aryl methyl sites for hydroxylation is 1. The van der Waals surface area contributed by atoms with E-state index in [1.165, 1.54) is 19.3 Å². The highest BCUT2D eigenvalue weighted by atomic mass is 16.4. The van der Waals surface area contributed by atoms with Crippen molar-refractivity contribution < 1.29 is 14.7 Å². The van der Waals surface area contributed by atoms with E-state index in [1.54, 1.807) is 4.90 Å². The Bertz CT molecular complexity index is 1030. The SMILES string of the molecule is CN(C)c1ccc(CN2C(=O)[C@@](N)([C@H](CCC3CCCCC3)C(=O)O)CCc3ccccc32)cc1. The number of para-hydroxylation sites is 1. The second kappa shape index (κ2) is 10.8. The van der Waals surface area contributed by atoms with E-state index in [1.807, 2.05) is 67.5 Å². The molecule has 1 aliphatic carbocycles. The Morgan fingerprint density at radius 2 is 1.80 bits per heavy atom. The van der Waals surface area contributed by atoms with Crippen LogP contribution in [0.1, 0.15) is 62.5 Å². The molecule has 1 amide bonds. The van der Waals surface area contributed by atoms with Crippen LogP contribution in [0.25, 0.3) is 0 Å². The number of carboxylic acid groups (broad SMARTS) is 1. The van der Waals surface area contributed by atoms with Crippen LogP contribution in [-0.4, -0.2) is 36.6 Å². The monoisotopic (exact) mass is 477 g/mol. The van der Waals surface area contributed by atoms with Gasteiger partial charge in [0.2, 0.25) is 5.91 Å². The molecule has 1 aliphatic heterocycles. The molecule has 1 fully saturated rings. The predicted molar refractivity (Wildman–Crippen MR) is 141 cm³/mol. The normalized spacial score (nSPS) is 21.8. The zero-order valence-electron chi connectivity index (χ0n) is 21.1. The number of carbonyl (C=O) groups excluding carboxylic acids is 1. The number of fused-ring (bicyclic) bond motifs is 1. The molecule has 1 saturated carbocycles. The lowest BCUT2D eigenvalue weighted by molar-refractivity contribution is -0.148. The lowest BCUT2D eigenvalue weighted by Crippen LogP contribution is -2.61. The summed E-state index contributed by atoms with van der Waals surface area (Å²) in [5.41, 5.74) is 9.36. The molecule has 0 aromatic heterocycles. The zero-order valence-corrected chi connectivity index (χ0v) is 21.1. The maximum atomic E-state index is 14.1. The first-order valence-electron chi connectivity index (χ1n) is 13.0. The molecule has 6 nitrogen and oxygen atoms in total. The van der Waals surface area contributed by atoms with Crippen LogP contribution in [0, 0.1) is 11.8 Å². The molecule has 0 radical (unpaired) electrons. The van der Waals surface area contributed by atoms with E-state index in [0.717, 1.165) is 41.8 Å². The zero-order chi connectivity index (χ0) is 25.0. The van der Waals surface area contributed by atoms with Gasteiger partial charge in [0.15, 0.2) is 0 Å². The fourth-order valence-corrected chi connectivity index (χ4v) is 5.84. The lowest BCUT2D eigenvalue weighted by Gasteiger charge is -2.37. The average molecular weight is 478 g/mol. The minimum atomic E-state index is -1.44. The summed E-state index contributed by atoms with van der Waals surface area (Å²) in [5, 5.41) is 10.2. The van der Waals surface area contributed by atoms with E-state index in [2.05, 4.69) is 0 Å². The second-order valence-corrected chi connectivity index (χ2v) is 10.6. The van der Waals surface area contributed by atoms with Crippen LogP contribution < -0.4 is 15.5 Å². The van der Waals surface area contributed by atoms with Crippen molar-refractivity contribution in [2.75, 3.05) is 23.9 Å². The minimum Gasteiger partial charge on any atom is -0.481 e. The van der Waals surface area contributed by atoms with Crippen molar-refractivity contribution in [2.45, 2.75) is 69.9 Å². The van der Waals surface area contributed by atoms with E-state index < -0.39 is 17.4 Å². The fourth-order valence-electron chi connectivity index (χ4n) is 5.84. The summed E-state index contributed by atoms with van der Waals surface area (Å²) in [4.78, 5) is 30.4. The van der Waals surface area contributed by atoms with Gasteiger partial charge in [0.1, 0.15) is 5.54 Å². The number of hydrogen-bond acceptors (Lipinski definition) is 4. The molecule has 0 bridgehead atoms. The van der Waals surface area contributed by atoms with Gasteiger partial charge < -0.3 is 20.6 Å². The van der Waals surface area contributed by atoms with Crippen molar-refractivity contribution in [2.24, 2.45) is 17.6 Å². The Morgan fingerprint density at radius 3 is 2.46 bits per heavy atom. The van der Waals surface area contributed by atoms with Gasteiger partial charge in [-0.3, -0.25) is 9.59 Å². The molecule has 2 aliphatic rings. The van der Waals surface area contributed by atoms with Crippen molar-refractivity contribution in [1.82, 2.24) is 0 Å². The molecule has 188 valence electrons. The fraction of sp³-hybridized carbons (Fsp3) is 0.517. The molecule has 35 heavy (non-hydrogen) atoms. The molecule has 0 spiro atoms. The number of carboxylic acids is 1. The molecule has 3 N–H and O–H groups in total. The number of carbonyl (C=O) groups is 2. The Balaban J connectivity index is 1.63. The third kappa shape index (κ3) is 5.53. The van der Waals surface area contributed by atoms with E-state index >= 15 is 0 Å². The number of benzene rings is 2. The standard InChI is InChI=1S/C29H39N3O3/c1-31(2)24-15-12-22(13-16-24)20-32-26-11-7-6-10-23(26)18-19-29(30,28(32)35)25(27(33)34)17-14-21-8-4-3-5-9-21/h6-7,10-13,15-16,21,25H,3-5,8-9,14,17-20,30H2,1-2H3,(H,33,34)/t25-,29+/m1/s1. The number of rotatable bonds is 8. The van der Waals surface area contributed by atoms with E-state index in [0.29, 0.717) is 31.7 Å². The summed E-state index contributed by atoms with van der Waals surface area (Å²) in [6, 6.07) is 16.0. The van der Waals surface area contributed by atoms with E-state index in [9.17, 15) is 14.7 Å². The van der Waals surface area contributed by atoms with Gasteiger partial charge in [0.25, 0.3) is 0 Å². The van der Waals surface area contributed by atoms with E-state index in [-0.39, 0.29) is 5.91 Å². The Kier molecular flexibility index (Phi) is 7.80. The summed E-state index contributed by atoms with van der Waals surface area (Å²) in [7, 11) is 3.98. The van der Waals surface area contributed by atoms with Gasteiger partial charge in [-0.2, -0.15) is 0 Å². The van der Waals surface area contributed by atoms with Crippen LogP contribution in [0.5, 0.6) is 0 Å². The summed E-state index contributed by atoms with van der Waals surface area (Å²) >= 11 is 0. The first-order valence-corrected chi connectivity index (χ1v) is 13.0. The number of aliphatic carboxylic acids is 1. The number of nitrogens with zero attached hydrogens (tertiary/aromatic N) is 2. The molecule has 4 rings (SSSR count). The molecule has 6 heteroatoms. The van der Waals surface area contributed by atoms with E-state index in [4.69, 9.17) is 5.73 Å². The first-order chi connectivity index (χ1) is 16.8. The van der Waals surface area contributed by atoms with Crippen molar-refractivity contribution in [1.29, 1.82) is 0 Å². The summed E-state index contributed by atoms with van der Waals surface area (Å²) in [6.45, 7) is 0.359. The van der Waals surface area contributed by atoms with Gasteiger partial charge >= 0.3 is 5.97 Å². The predicted octanol–water partition coefficient (Wildman–Crippen LogP) is 4.99. The maximum Gasteiger partial charge on any atom is 0.308 e. The molecule has 0 saturated heterocycles. The third-order valence-electron chi connectivity index (χ3n) is 8.04. The van der Waals surface area contributed by atoms with Crippen LogP contribution in [0.15, 0.2) is 48.5 Å². The highest BCUT2D eigenvalue weighted by Crippen LogP contribution is 2.38. The smallest absolute Gasteiger partial charge is 0.308 e. The van der Waals surface area contributed by atoms with Crippen molar-refractivity contribution in [3.05, 3.63) is 59.7 Å². The summed E-state index contributed by atoms with van der Waals surface area (Å²) in [6.07, 6.45) is 8.18.